The highest BCUT2D eigenvalue weighted by atomic mass is 32.1. The van der Waals surface area contributed by atoms with Gasteiger partial charge in [0, 0.05) is 67.9 Å². The van der Waals surface area contributed by atoms with Crippen LogP contribution in [0, 0.1) is 5.92 Å². The van der Waals surface area contributed by atoms with E-state index < -0.39 is 35.6 Å². The topological polar surface area (TPSA) is 145 Å². The minimum absolute atomic E-state index is 0.0926. The number of carboxylic acids is 1. The van der Waals surface area contributed by atoms with Crippen molar-refractivity contribution in [2.24, 2.45) is 5.92 Å². The number of pyridine rings is 1. The van der Waals surface area contributed by atoms with Gasteiger partial charge in [-0.25, -0.2) is 19.6 Å². The predicted molar refractivity (Wildman–Crippen MR) is 155 cm³/mol. The third-order valence-electron chi connectivity index (χ3n) is 8.36. The van der Waals surface area contributed by atoms with Crippen LogP contribution >= 0.6 is 11.3 Å². The summed E-state index contributed by atoms with van der Waals surface area (Å²) in [6, 6.07) is 0.708. The number of nitrogens with zero attached hydrogens (tertiary/aromatic N) is 4. The monoisotopic (exact) mass is 634 g/mol. The van der Waals surface area contributed by atoms with Gasteiger partial charge < -0.3 is 20.2 Å². The number of alkyl halides is 3. The van der Waals surface area contributed by atoms with Gasteiger partial charge in [0.1, 0.15) is 16.4 Å². The minimum Gasteiger partial charge on any atom is -0.478 e. The highest BCUT2D eigenvalue weighted by Crippen LogP contribution is 2.45. The summed E-state index contributed by atoms with van der Waals surface area (Å²) in [5, 5.41) is 16.0. The van der Waals surface area contributed by atoms with Gasteiger partial charge in [0.05, 0.1) is 0 Å². The van der Waals surface area contributed by atoms with E-state index in [4.69, 9.17) is 0 Å². The molecule has 11 nitrogen and oxygen atoms in total. The largest absolute Gasteiger partial charge is 0.478 e. The summed E-state index contributed by atoms with van der Waals surface area (Å²) >= 11 is 0.816. The zero-order valence-corrected chi connectivity index (χ0v) is 24.8. The van der Waals surface area contributed by atoms with E-state index in [0.717, 1.165) is 23.1 Å². The Morgan fingerprint density at radius 2 is 2.00 bits per heavy atom. The first-order valence-corrected chi connectivity index (χ1v) is 15.4. The molecule has 3 N–H and O–H groups in total. The van der Waals surface area contributed by atoms with Crippen LogP contribution < -0.4 is 10.6 Å². The SMILES string of the molecule is CCNC(=O)Nc1cc(-c2nc(C(F)(F)F)cs2)c(C2CCC3C(C2)C(=O)C(C(=O)O)=CN3CCCN2CCCC2=O)cn1. The number of Topliss-reactive ketones (excluding diaryl/α,β-unsaturated/α-hetero) is 1. The molecule has 2 aromatic rings. The number of fused-ring (bicyclic) bond motifs is 1. The fourth-order valence-electron chi connectivity index (χ4n) is 6.31. The minimum atomic E-state index is -4.64. The second-order valence-corrected chi connectivity index (χ2v) is 12.0. The van der Waals surface area contributed by atoms with Crippen molar-refractivity contribution in [1.29, 1.82) is 0 Å². The third-order valence-corrected chi connectivity index (χ3v) is 9.24. The molecule has 2 aliphatic heterocycles. The lowest BCUT2D eigenvalue weighted by Crippen LogP contribution is -2.49. The number of amides is 3. The number of rotatable bonds is 9. The van der Waals surface area contributed by atoms with E-state index in [-0.39, 0.29) is 40.7 Å². The number of aromatic nitrogens is 2. The van der Waals surface area contributed by atoms with E-state index in [1.165, 1.54) is 18.5 Å². The fourth-order valence-corrected chi connectivity index (χ4v) is 7.17. The Kier molecular flexibility index (Phi) is 9.23. The Balaban J connectivity index is 1.41. The number of likely N-dealkylation sites (tertiary alicyclic amines) is 1. The first-order valence-electron chi connectivity index (χ1n) is 14.6. The van der Waals surface area contributed by atoms with Gasteiger partial charge in [0.2, 0.25) is 5.91 Å². The van der Waals surface area contributed by atoms with Crippen LogP contribution in [0.2, 0.25) is 0 Å². The number of hydrogen-bond donors (Lipinski definition) is 3. The van der Waals surface area contributed by atoms with Crippen molar-refractivity contribution >= 4 is 40.8 Å². The molecule has 1 saturated heterocycles. The molecule has 3 unspecified atom stereocenters. The van der Waals surface area contributed by atoms with Crippen molar-refractivity contribution in [1.82, 2.24) is 25.1 Å². The first kappa shape index (κ1) is 31.4. The molecule has 2 fully saturated rings. The predicted octanol–water partition coefficient (Wildman–Crippen LogP) is 4.48. The maximum Gasteiger partial charge on any atom is 0.434 e. The molecular weight excluding hydrogens is 601 g/mol. The van der Waals surface area contributed by atoms with E-state index in [1.807, 2.05) is 4.90 Å². The highest BCUT2D eigenvalue weighted by Gasteiger charge is 2.44. The van der Waals surface area contributed by atoms with Crippen LogP contribution in [0.15, 0.2) is 29.4 Å². The number of aliphatic carboxylic acids is 1. The summed E-state index contributed by atoms with van der Waals surface area (Å²) in [5.41, 5.74) is -0.405. The molecule has 0 radical (unpaired) electrons. The molecule has 236 valence electrons. The summed E-state index contributed by atoms with van der Waals surface area (Å²) in [6.07, 6.45) is 1.62. The van der Waals surface area contributed by atoms with E-state index in [1.54, 1.807) is 11.8 Å². The molecule has 44 heavy (non-hydrogen) atoms. The van der Waals surface area contributed by atoms with Crippen molar-refractivity contribution in [2.45, 2.75) is 63.6 Å². The first-order chi connectivity index (χ1) is 21.0. The Labute approximate surface area is 255 Å². The molecule has 0 aromatic carbocycles. The lowest BCUT2D eigenvalue weighted by atomic mass is 9.70. The summed E-state index contributed by atoms with van der Waals surface area (Å²) in [6.45, 7) is 3.83. The summed E-state index contributed by atoms with van der Waals surface area (Å²) in [4.78, 5) is 61.5. The molecule has 0 bridgehead atoms. The number of ketones is 1. The number of carboxylic acid groups (broad SMARTS) is 1. The molecule has 1 aliphatic carbocycles. The van der Waals surface area contributed by atoms with Gasteiger partial charge >= 0.3 is 18.2 Å². The molecule has 4 heterocycles. The zero-order chi connectivity index (χ0) is 31.6. The van der Waals surface area contributed by atoms with E-state index in [2.05, 4.69) is 20.6 Å². The van der Waals surface area contributed by atoms with Crippen molar-refractivity contribution in [2.75, 3.05) is 31.5 Å². The lowest BCUT2D eigenvalue weighted by molar-refractivity contribution is -0.141. The van der Waals surface area contributed by atoms with Crippen LogP contribution in [-0.4, -0.2) is 80.8 Å². The molecule has 5 rings (SSSR count). The Morgan fingerprint density at radius 1 is 1.20 bits per heavy atom. The smallest absolute Gasteiger partial charge is 0.434 e. The molecule has 3 atom stereocenters. The lowest BCUT2D eigenvalue weighted by Gasteiger charge is -2.44. The number of carbonyl (C=O) groups is 4. The Bertz CT molecular complexity index is 1480. The second-order valence-electron chi connectivity index (χ2n) is 11.1. The zero-order valence-electron chi connectivity index (χ0n) is 24.0. The van der Waals surface area contributed by atoms with Crippen LogP contribution in [0.5, 0.6) is 0 Å². The van der Waals surface area contributed by atoms with Gasteiger partial charge in [0.15, 0.2) is 11.5 Å². The van der Waals surface area contributed by atoms with Crippen molar-refractivity contribution in [3.63, 3.8) is 0 Å². The maximum atomic E-state index is 13.4. The maximum absolute atomic E-state index is 13.4. The molecule has 3 aliphatic rings. The molecule has 15 heteroatoms. The van der Waals surface area contributed by atoms with E-state index in [0.29, 0.717) is 63.0 Å². The van der Waals surface area contributed by atoms with Gasteiger partial charge in [-0.2, -0.15) is 13.2 Å². The van der Waals surface area contributed by atoms with Gasteiger partial charge in [-0.15, -0.1) is 11.3 Å². The van der Waals surface area contributed by atoms with Crippen LogP contribution in [0.25, 0.3) is 10.6 Å². The normalized spacial score (nSPS) is 22.1. The number of urea groups is 1. The number of carbonyl (C=O) groups excluding carboxylic acids is 3. The average molecular weight is 635 g/mol. The molecule has 2 aromatic heterocycles. The van der Waals surface area contributed by atoms with Crippen LogP contribution in [-0.2, 0) is 20.6 Å². The second kappa shape index (κ2) is 12.9. The van der Waals surface area contributed by atoms with Gasteiger partial charge in [-0.3, -0.25) is 14.9 Å². The van der Waals surface area contributed by atoms with Crippen molar-refractivity contribution < 1.29 is 37.5 Å². The number of halogens is 3. The third kappa shape index (κ3) is 6.71. The average Bonchev–Trinajstić information content (AvgIpc) is 3.64. The van der Waals surface area contributed by atoms with Crippen molar-refractivity contribution in [3.05, 3.63) is 40.7 Å². The van der Waals surface area contributed by atoms with Crippen LogP contribution in [0.4, 0.5) is 23.8 Å². The Morgan fingerprint density at radius 3 is 2.66 bits per heavy atom. The van der Waals surface area contributed by atoms with Crippen molar-refractivity contribution in [3.8, 4) is 10.6 Å². The van der Waals surface area contributed by atoms with Gasteiger partial charge in [-0.1, -0.05) is 0 Å². The summed E-state index contributed by atoms with van der Waals surface area (Å²) in [5.74, 6) is -2.53. The number of thiazole rings is 1. The highest BCUT2D eigenvalue weighted by molar-refractivity contribution is 7.13. The van der Waals surface area contributed by atoms with E-state index >= 15 is 0 Å². The fraction of sp³-hybridized carbons (Fsp3) is 0.517. The summed E-state index contributed by atoms with van der Waals surface area (Å²) < 4.78 is 40.3. The van der Waals surface area contributed by atoms with Gasteiger partial charge in [0.25, 0.3) is 0 Å². The van der Waals surface area contributed by atoms with Crippen LogP contribution in [0.1, 0.15) is 62.6 Å². The molecule has 3 amide bonds. The number of anilines is 1. The number of nitrogens with one attached hydrogen (secondary N) is 2. The standard InChI is InChI=1S/C29H33F3N6O5S/c1-2-33-28(43)36-23-12-17(26-35-22(15-44-26)29(30,31)32)19(13-34-23)16-6-7-21-18(11-16)25(40)20(27(41)42)14-38(21)10-4-9-37-8-3-5-24(37)39/h12-16,18,21H,2-11H2,1H3,(H,41,42)(H2,33,34,36,43). The molecular formula is C29H33F3N6O5S. The van der Waals surface area contributed by atoms with Gasteiger partial charge in [-0.05, 0) is 56.6 Å². The molecule has 0 spiro atoms. The summed E-state index contributed by atoms with van der Waals surface area (Å²) in [7, 11) is 0. The van der Waals surface area contributed by atoms with E-state index in [9.17, 15) is 37.5 Å². The quantitative estimate of drug-likeness (QED) is 0.343. The Hall–Kier alpha value is -4.01. The van der Waals surface area contributed by atoms with Crippen LogP contribution in [0.3, 0.4) is 0 Å². The number of hydrogen-bond acceptors (Lipinski definition) is 8. The molecule has 1 saturated carbocycles.